The Bertz CT molecular complexity index is 647. The van der Waals surface area contributed by atoms with E-state index in [2.05, 4.69) is 0 Å². The van der Waals surface area contributed by atoms with E-state index in [1.165, 1.54) is 12.4 Å². The average molecular weight is 254 g/mol. The van der Waals surface area contributed by atoms with Crippen LogP contribution in [0.4, 0.5) is 0 Å². The number of rotatable bonds is 2. The third kappa shape index (κ3) is 1.85. The molecule has 1 aliphatic heterocycles. The molecule has 0 saturated carbocycles. The Labute approximate surface area is 109 Å². The maximum atomic E-state index is 12.1. The molecule has 19 heavy (non-hydrogen) atoms. The molecule has 1 aliphatic rings. The van der Waals surface area contributed by atoms with Crippen LogP contribution in [0.25, 0.3) is 0 Å². The predicted octanol–water partition coefficient (Wildman–Crippen LogP) is 1.12. The molecule has 0 fully saturated rings. The van der Waals surface area contributed by atoms with Crippen LogP contribution in [0.2, 0.25) is 0 Å². The summed E-state index contributed by atoms with van der Waals surface area (Å²) in [6.07, 6.45) is 2.70. The van der Waals surface area contributed by atoms with Crippen molar-refractivity contribution in [3.05, 3.63) is 70.7 Å². The smallest absolute Gasteiger partial charge is 0.261 e. The van der Waals surface area contributed by atoms with E-state index in [1.54, 1.807) is 36.4 Å². The number of carbonyl (C=O) groups is 2. The van der Waals surface area contributed by atoms with Gasteiger partial charge in [-0.2, -0.15) is 4.73 Å². The number of benzene rings is 1. The number of imide groups is 1. The maximum Gasteiger partial charge on any atom is 0.261 e. The lowest BCUT2D eigenvalue weighted by atomic mass is 10.1. The zero-order chi connectivity index (χ0) is 13.4. The molecule has 2 aromatic rings. The fourth-order valence-electron chi connectivity index (χ4n) is 2.16. The van der Waals surface area contributed by atoms with Gasteiger partial charge in [0.15, 0.2) is 12.4 Å². The summed E-state index contributed by atoms with van der Waals surface area (Å²) in [7, 11) is 0. The van der Waals surface area contributed by atoms with Gasteiger partial charge >= 0.3 is 0 Å². The summed E-state index contributed by atoms with van der Waals surface area (Å²) in [5.74, 6) is -0.635. The highest BCUT2D eigenvalue weighted by Crippen LogP contribution is 2.23. The summed E-state index contributed by atoms with van der Waals surface area (Å²) in [5, 5.41) is 11.2. The first-order chi connectivity index (χ1) is 9.16. The second-order valence-corrected chi connectivity index (χ2v) is 4.31. The van der Waals surface area contributed by atoms with Crippen LogP contribution in [0.3, 0.4) is 0 Å². The molecule has 0 N–H and O–H groups in total. The van der Waals surface area contributed by atoms with Gasteiger partial charge in [-0.25, -0.2) is 0 Å². The lowest BCUT2D eigenvalue weighted by Crippen LogP contribution is -2.31. The van der Waals surface area contributed by atoms with Crippen molar-refractivity contribution in [2.45, 2.75) is 6.54 Å². The summed E-state index contributed by atoms with van der Waals surface area (Å²) in [6, 6.07) is 10.0. The van der Waals surface area contributed by atoms with Crippen LogP contribution < -0.4 is 4.73 Å². The molecule has 94 valence electrons. The van der Waals surface area contributed by atoms with E-state index in [0.29, 0.717) is 21.4 Å². The fraction of sp³-hybridized carbons (Fsp3) is 0.0714. The minimum Gasteiger partial charge on any atom is -0.619 e. The SMILES string of the molecule is O=C1c2ccccc2C(=O)N1Cc1ccc[n+]([O-])c1. The van der Waals surface area contributed by atoms with Crippen molar-refractivity contribution in [1.29, 1.82) is 0 Å². The average Bonchev–Trinajstić information content (AvgIpc) is 2.65. The first-order valence-electron chi connectivity index (χ1n) is 5.80. The molecule has 0 radical (unpaired) electrons. The summed E-state index contributed by atoms with van der Waals surface area (Å²) in [6.45, 7) is 0.107. The minimum atomic E-state index is -0.318. The van der Waals surface area contributed by atoms with Crippen LogP contribution in [0.1, 0.15) is 26.3 Å². The van der Waals surface area contributed by atoms with Crippen molar-refractivity contribution >= 4 is 11.8 Å². The largest absolute Gasteiger partial charge is 0.619 e. The quantitative estimate of drug-likeness (QED) is 0.458. The monoisotopic (exact) mass is 254 g/mol. The number of aromatic nitrogens is 1. The molecule has 5 heteroatoms. The lowest BCUT2D eigenvalue weighted by molar-refractivity contribution is -0.605. The van der Waals surface area contributed by atoms with Crippen LogP contribution in [0.5, 0.6) is 0 Å². The molecular weight excluding hydrogens is 244 g/mol. The van der Waals surface area contributed by atoms with Crippen molar-refractivity contribution in [3.63, 3.8) is 0 Å². The first-order valence-corrected chi connectivity index (χ1v) is 5.80. The number of hydrogen-bond donors (Lipinski definition) is 0. The summed E-state index contributed by atoms with van der Waals surface area (Å²) in [4.78, 5) is 25.4. The van der Waals surface area contributed by atoms with Gasteiger partial charge in [0, 0.05) is 11.6 Å². The molecule has 1 aromatic heterocycles. The standard InChI is InChI=1S/C14H10N2O3/c17-13-11-5-1-2-6-12(11)14(18)16(13)9-10-4-3-7-15(19)8-10/h1-8H,9H2. The molecular formula is C14H10N2O3. The van der Waals surface area contributed by atoms with Gasteiger partial charge in [0.2, 0.25) is 0 Å². The highest BCUT2D eigenvalue weighted by atomic mass is 16.5. The molecule has 0 saturated heterocycles. The minimum absolute atomic E-state index is 0.107. The summed E-state index contributed by atoms with van der Waals surface area (Å²) in [5.41, 5.74) is 1.45. The molecule has 0 bridgehead atoms. The van der Waals surface area contributed by atoms with Crippen LogP contribution >= 0.6 is 0 Å². The summed E-state index contributed by atoms with van der Waals surface area (Å²) < 4.78 is 0.646. The van der Waals surface area contributed by atoms with Crippen LogP contribution in [0.15, 0.2) is 48.8 Å². The number of carbonyl (C=O) groups excluding carboxylic acids is 2. The third-order valence-corrected chi connectivity index (χ3v) is 3.06. The molecule has 2 amide bonds. The second kappa shape index (κ2) is 4.20. The Balaban J connectivity index is 1.92. The Morgan fingerprint density at radius 3 is 2.21 bits per heavy atom. The number of fused-ring (bicyclic) bond motifs is 1. The highest BCUT2D eigenvalue weighted by Gasteiger charge is 2.35. The molecule has 5 nitrogen and oxygen atoms in total. The Morgan fingerprint density at radius 2 is 1.63 bits per heavy atom. The van der Waals surface area contributed by atoms with Gasteiger partial charge in [0.05, 0.1) is 17.7 Å². The zero-order valence-electron chi connectivity index (χ0n) is 9.95. The van der Waals surface area contributed by atoms with E-state index in [-0.39, 0.29) is 18.4 Å². The molecule has 0 unspecified atom stereocenters. The predicted molar refractivity (Wildman–Crippen MR) is 66.0 cm³/mol. The van der Waals surface area contributed by atoms with Gasteiger partial charge in [-0.15, -0.1) is 0 Å². The van der Waals surface area contributed by atoms with E-state index in [4.69, 9.17) is 0 Å². The van der Waals surface area contributed by atoms with Gasteiger partial charge < -0.3 is 5.21 Å². The normalized spacial score (nSPS) is 13.8. The van der Waals surface area contributed by atoms with E-state index >= 15 is 0 Å². The number of pyridine rings is 1. The molecule has 2 heterocycles. The third-order valence-electron chi connectivity index (χ3n) is 3.06. The Hall–Kier alpha value is -2.69. The van der Waals surface area contributed by atoms with Crippen molar-refractivity contribution in [2.24, 2.45) is 0 Å². The molecule has 0 aliphatic carbocycles. The van der Waals surface area contributed by atoms with E-state index in [0.717, 1.165) is 4.90 Å². The van der Waals surface area contributed by atoms with Crippen molar-refractivity contribution in [2.75, 3.05) is 0 Å². The fourth-order valence-corrected chi connectivity index (χ4v) is 2.16. The van der Waals surface area contributed by atoms with Crippen molar-refractivity contribution in [3.8, 4) is 0 Å². The van der Waals surface area contributed by atoms with E-state index in [1.807, 2.05) is 0 Å². The maximum absolute atomic E-state index is 12.1. The second-order valence-electron chi connectivity index (χ2n) is 4.31. The van der Waals surface area contributed by atoms with Crippen LogP contribution in [-0.2, 0) is 6.54 Å². The van der Waals surface area contributed by atoms with Crippen LogP contribution in [0, 0.1) is 5.21 Å². The Morgan fingerprint density at radius 1 is 1.00 bits per heavy atom. The topological polar surface area (TPSA) is 64.3 Å². The van der Waals surface area contributed by atoms with Crippen molar-refractivity contribution < 1.29 is 14.3 Å². The number of amides is 2. The zero-order valence-corrected chi connectivity index (χ0v) is 9.95. The first kappa shape index (κ1) is 11.4. The highest BCUT2D eigenvalue weighted by molar-refractivity contribution is 6.21. The van der Waals surface area contributed by atoms with E-state index in [9.17, 15) is 14.8 Å². The van der Waals surface area contributed by atoms with E-state index < -0.39 is 0 Å². The van der Waals surface area contributed by atoms with Crippen molar-refractivity contribution in [1.82, 2.24) is 4.90 Å². The van der Waals surface area contributed by atoms with Gasteiger partial charge in [0.25, 0.3) is 11.8 Å². The molecule has 3 rings (SSSR count). The molecule has 1 aromatic carbocycles. The Kier molecular flexibility index (Phi) is 2.52. The number of hydrogen-bond acceptors (Lipinski definition) is 3. The molecule has 0 spiro atoms. The van der Waals surface area contributed by atoms with Gasteiger partial charge in [-0.05, 0) is 18.2 Å². The van der Waals surface area contributed by atoms with Crippen LogP contribution in [-0.4, -0.2) is 16.7 Å². The van der Waals surface area contributed by atoms with Gasteiger partial charge in [-0.1, -0.05) is 12.1 Å². The lowest BCUT2D eigenvalue weighted by Gasteiger charge is -2.12. The molecule has 0 atom stereocenters. The summed E-state index contributed by atoms with van der Waals surface area (Å²) >= 11 is 0. The number of nitrogens with zero attached hydrogens (tertiary/aromatic N) is 2. The van der Waals surface area contributed by atoms with Gasteiger partial charge in [-0.3, -0.25) is 14.5 Å². The van der Waals surface area contributed by atoms with Gasteiger partial charge in [0.1, 0.15) is 0 Å².